The zero-order valence-electron chi connectivity index (χ0n) is 14.8. The number of methoxy groups -OCH3 is 1. The number of rotatable bonds is 5. The van der Waals surface area contributed by atoms with Crippen LogP contribution in [0.4, 0.5) is 0 Å². The van der Waals surface area contributed by atoms with Gasteiger partial charge in [0.2, 0.25) is 5.91 Å². The van der Waals surface area contributed by atoms with E-state index in [2.05, 4.69) is 41.3 Å². The fourth-order valence-electron chi connectivity index (χ4n) is 4.59. The van der Waals surface area contributed by atoms with Crippen LogP contribution in [0.5, 0.6) is 5.75 Å². The second-order valence-corrected chi connectivity index (χ2v) is 7.12. The molecular weight excluding hydrogens is 310 g/mol. The fraction of sp³-hybridized carbons (Fsp3) is 0.409. The maximum absolute atomic E-state index is 12.6. The Labute approximate surface area is 149 Å². The molecule has 0 bridgehead atoms. The summed E-state index contributed by atoms with van der Waals surface area (Å²) in [5, 5.41) is 0. The van der Waals surface area contributed by atoms with Crippen LogP contribution in [0.2, 0.25) is 0 Å². The summed E-state index contributed by atoms with van der Waals surface area (Å²) in [4.78, 5) is 14.8. The van der Waals surface area contributed by atoms with E-state index in [9.17, 15) is 4.79 Å². The lowest BCUT2D eigenvalue weighted by Gasteiger charge is -2.33. The molecule has 2 aromatic carbocycles. The van der Waals surface area contributed by atoms with Gasteiger partial charge >= 0.3 is 0 Å². The lowest BCUT2D eigenvalue weighted by atomic mass is 9.79. The predicted octanol–water partition coefficient (Wildman–Crippen LogP) is 3.96. The van der Waals surface area contributed by atoms with E-state index in [1.807, 2.05) is 12.1 Å². The summed E-state index contributed by atoms with van der Waals surface area (Å²) < 4.78 is 5.53. The molecular formula is C22H25NO2. The summed E-state index contributed by atoms with van der Waals surface area (Å²) in [6.45, 7) is 0.869. The number of carbonyl (C=O) groups is 1. The minimum Gasteiger partial charge on any atom is -0.496 e. The van der Waals surface area contributed by atoms with Crippen LogP contribution in [0.3, 0.4) is 0 Å². The molecule has 4 rings (SSSR count). The highest BCUT2D eigenvalue weighted by molar-refractivity contribution is 5.81. The van der Waals surface area contributed by atoms with Crippen LogP contribution in [0.1, 0.15) is 41.9 Å². The molecule has 3 nitrogen and oxygen atoms in total. The Balaban J connectivity index is 1.46. The first-order valence-electron chi connectivity index (χ1n) is 9.27. The van der Waals surface area contributed by atoms with E-state index < -0.39 is 0 Å². The Morgan fingerprint density at radius 2 is 1.96 bits per heavy atom. The van der Waals surface area contributed by atoms with E-state index in [1.165, 1.54) is 16.7 Å². The van der Waals surface area contributed by atoms with Crippen molar-refractivity contribution in [2.45, 2.75) is 44.1 Å². The van der Waals surface area contributed by atoms with Gasteiger partial charge in [-0.15, -0.1) is 0 Å². The molecule has 2 aromatic rings. The van der Waals surface area contributed by atoms with Crippen LogP contribution in [-0.4, -0.2) is 30.5 Å². The van der Waals surface area contributed by atoms with Crippen LogP contribution in [0.15, 0.2) is 48.5 Å². The first kappa shape index (κ1) is 16.2. The standard InChI is InChI=1S/C22H25NO2/c1-25-21-11-5-10-17-18(21)12-13-20-19(17)15-22(24)23(20)14-6-9-16-7-3-2-4-8-16/h2-5,7-8,10-11,19-20H,6,9,12-15H2,1H3/t19-,20+/m0/s1. The van der Waals surface area contributed by atoms with Crippen molar-refractivity contribution in [1.82, 2.24) is 4.90 Å². The van der Waals surface area contributed by atoms with Crippen molar-refractivity contribution in [2.75, 3.05) is 13.7 Å². The average molecular weight is 335 g/mol. The molecule has 130 valence electrons. The van der Waals surface area contributed by atoms with Gasteiger partial charge in [-0.2, -0.15) is 0 Å². The third-order valence-corrected chi connectivity index (χ3v) is 5.77. The summed E-state index contributed by atoms with van der Waals surface area (Å²) >= 11 is 0. The van der Waals surface area contributed by atoms with Gasteiger partial charge in [0.1, 0.15) is 5.75 Å². The van der Waals surface area contributed by atoms with Crippen LogP contribution in [0, 0.1) is 0 Å². The van der Waals surface area contributed by atoms with Crippen LogP contribution in [-0.2, 0) is 17.6 Å². The highest BCUT2D eigenvalue weighted by Crippen LogP contribution is 2.44. The largest absolute Gasteiger partial charge is 0.496 e. The van der Waals surface area contributed by atoms with Crippen LogP contribution < -0.4 is 4.74 Å². The van der Waals surface area contributed by atoms with Gasteiger partial charge in [-0.3, -0.25) is 4.79 Å². The molecule has 2 atom stereocenters. The van der Waals surface area contributed by atoms with E-state index in [0.29, 0.717) is 24.3 Å². The molecule has 0 spiro atoms. The van der Waals surface area contributed by atoms with Crippen molar-refractivity contribution in [3.05, 3.63) is 65.2 Å². The van der Waals surface area contributed by atoms with Crippen molar-refractivity contribution in [1.29, 1.82) is 0 Å². The zero-order chi connectivity index (χ0) is 17.2. The number of hydrogen-bond acceptors (Lipinski definition) is 2. The van der Waals surface area contributed by atoms with E-state index >= 15 is 0 Å². The zero-order valence-corrected chi connectivity index (χ0v) is 14.8. The number of ether oxygens (including phenoxy) is 1. The quantitative estimate of drug-likeness (QED) is 0.828. The first-order valence-corrected chi connectivity index (χ1v) is 9.27. The Kier molecular flexibility index (Phi) is 4.48. The molecule has 0 saturated carbocycles. The van der Waals surface area contributed by atoms with Crippen molar-refractivity contribution in [3.63, 3.8) is 0 Å². The first-order chi connectivity index (χ1) is 12.3. The molecule has 0 N–H and O–H groups in total. The number of aryl methyl sites for hydroxylation is 1. The van der Waals surface area contributed by atoms with Gasteiger partial charge < -0.3 is 9.64 Å². The normalized spacial score (nSPS) is 21.8. The Hall–Kier alpha value is -2.29. The highest BCUT2D eigenvalue weighted by atomic mass is 16.5. The van der Waals surface area contributed by atoms with Gasteiger partial charge in [-0.1, -0.05) is 42.5 Å². The number of nitrogens with zero attached hydrogens (tertiary/aromatic N) is 1. The van der Waals surface area contributed by atoms with Gasteiger partial charge in [0.05, 0.1) is 7.11 Å². The third-order valence-electron chi connectivity index (χ3n) is 5.77. The molecule has 2 aliphatic rings. The van der Waals surface area contributed by atoms with E-state index in [-0.39, 0.29) is 0 Å². The molecule has 0 radical (unpaired) electrons. The van der Waals surface area contributed by atoms with Crippen LogP contribution in [0.25, 0.3) is 0 Å². The second-order valence-electron chi connectivity index (χ2n) is 7.12. The summed E-state index contributed by atoms with van der Waals surface area (Å²) in [6.07, 6.45) is 4.77. The summed E-state index contributed by atoms with van der Waals surface area (Å²) in [7, 11) is 1.73. The summed E-state index contributed by atoms with van der Waals surface area (Å²) in [5.41, 5.74) is 3.99. The number of benzene rings is 2. The molecule has 1 heterocycles. The van der Waals surface area contributed by atoms with Crippen molar-refractivity contribution in [2.24, 2.45) is 0 Å². The third kappa shape index (κ3) is 3.04. The molecule has 0 unspecified atom stereocenters. The van der Waals surface area contributed by atoms with Gasteiger partial charge in [-0.05, 0) is 48.4 Å². The maximum atomic E-state index is 12.6. The molecule has 25 heavy (non-hydrogen) atoms. The fourth-order valence-corrected chi connectivity index (χ4v) is 4.59. The van der Waals surface area contributed by atoms with E-state index in [0.717, 1.165) is 38.0 Å². The molecule has 1 aliphatic carbocycles. The number of amides is 1. The van der Waals surface area contributed by atoms with Crippen molar-refractivity contribution >= 4 is 5.91 Å². The molecule has 1 amide bonds. The van der Waals surface area contributed by atoms with Gasteiger partial charge in [0, 0.05) is 24.9 Å². The Morgan fingerprint density at radius 3 is 2.76 bits per heavy atom. The molecule has 1 saturated heterocycles. The van der Waals surface area contributed by atoms with Crippen LogP contribution >= 0.6 is 0 Å². The number of fused-ring (bicyclic) bond motifs is 3. The SMILES string of the molecule is COc1cccc2c1CC[C@@H]1[C@H]2CC(=O)N1CCCc1ccccc1. The Bertz CT molecular complexity index is 756. The lowest BCUT2D eigenvalue weighted by Crippen LogP contribution is -2.38. The van der Waals surface area contributed by atoms with Crippen molar-refractivity contribution < 1.29 is 9.53 Å². The molecule has 1 aliphatic heterocycles. The molecule has 0 aromatic heterocycles. The second kappa shape index (κ2) is 6.91. The average Bonchev–Trinajstić information content (AvgIpc) is 2.98. The minimum absolute atomic E-state index is 0.318. The van der Waals surface area contributed by atoms with E-state index in [4.69, 9.17) is 4.74 Å². The van der Waals surface area contributed by atoms with Crippen molar-refractivity contribution in [3.8, 4) is 5.75 Å². The number of hydrogen-bond donors (Lipinski definition) is 0. The van der Waals surface area contributed by atoms with Gasteiger partial charge in [-0.25, -0.2) is 0 Å². The maximum Gasteiger partial charge on any atom is 0.223 e. The molecule has 3 heteroatoms. The lowest BCUT2D eigenvalue weighted by molar-refractivity contribution is -0.129. The topological polar surface area (TPSA) is 29.5 Å². The predicted molar refractivity (Wildman–Crippen MR) is 98.9 cm³/mol. The number of carbonyl (C=O) groups excluding carboxylic acids is 1. The Morgan fingerprint density at radius 1 is 1.12 bits per heavy atom. The smallest absolute Gasteiger partial charge is 0.223 e. The molecule has 1 fully saturated rings. The minimum atomic E-state index is 0.318. The summed E-state index contributed by atoms with van der Waals surface area (Å²) in [5.74, 6) is 1.63. The van der Waals surface area contributed by atoms with E-state index in [1.54, 1.807) is 7.11 Å². The monoisotopic (exact) mass is 335 g/mol. The number of likely N-dealkylation sites (tertiary alicyclic amines) is 1. The highest BCUT2D eigenvalue weighted by Gasteiger charge is 2.43. The summed E-state index contributed by atoms with van der Waals surface area (Å²) in [6, 6.07) is 17.2. The van der Waals surface area contributed by atoms with Gasteiger partial charge in [0.25, 0.3) is 0 Å². The van der Waals surface area contributed by atoms with Gasteiger partial charge in [0.15, 0.2) is 0 Å².